The third-order valence-corrected chi connectivity index (χ3v) is 2.65. The number of carbonyl (C=O) groups excluding carboxylic acids is 1. The lowest BCUT2D eigenvalue weighted by Crippen LogP contribution is -2.37. The summed E-state index contributed by atoms with van der Waals surface area (Å²) in [6.45, 7) is 5.39. The van der Waals surface area contributed by atoms with Gasteiger partial charge in [0.1, 0.15) is 11.6 Å². The van der Waals surface area contributed by atoms with Crippen LogP contribution in [0, 0.1) is 13.8 Å². The van der Waals surface area contributed by atoms with Crippen molar-refractivity contribution in [2.75, 3.05) is 5.32 Å². The third kappa shape index (κ3) is 1.40. The van der Waals surface area contributed by atoms with Crippen LogP contribution in [-0.2, 0) is 0 Å². The van der Waals surface area contributed by atoms with Crippen LogP contribution in [-0.4, -0.2) is 16.1 Å². The zero-order valence-electron chi connectivity index (χ0n) is 8.88. The van der Waals surface area contributed by atoms with Gasteiger partial charge in [-0.15, -0.1) is 0 Å². The normalized spacial score (nSPS) is 19.1. The van der Waals surface area contributed by atoms with Crippen LogP contribution in [0.3, 0.4) is 0 Å². The number of fused-ring (bicyclic) bond motifs is 1. The molecule has 0 unspecified atom stereocenters. The van der Waals surface area contributed by atoms with Gasteiger partial charge in [-0.1, -0.05) is 0 Å². The van der Waals surface area contributed by atoms with Crippen molar-refractivity contribution in [1.82, 2.24) is 10.3 Å². The van der Waals surface area contributed by atoms with E-state index in [1.54, 1.807) is 6.92 Å². The number of hydrogen-bond donors (Lipinski definition) is 3. The van der Waals surface area contributed by atoms with E-state index in [1.165, 1.54) is 0 Å². The Hall–Kier alpha value is -1.78. The Bertz CT molecular complexity index is 443. The monoisotopic (exact) mass is 207 g/mol. The van der Waals surface area contributed by atoms with E-state index in [9.17, 15) is 9.90 Å². The average Bonchev–Trinajstić information content (AvgIpc) is 2.13. The summed E-state index contributed by atoms with van der Waals surface area (Å²) >= 11 is 0. The first-order chi connectivity index (χ1) is 7.00. The second-order valence-corrected chi connectivity index (χ2v) is 3.75. The second-order valence-electron chi connectivity index (χ2n) is 3.75. The summed E-state index contributed by atoms with van der Waals surface area (Å²) in [5.41, 5.74) is 2.14. The molecule has 0 bridgehead atoms. The number of nitrogens with one attached hydrogen (secondary N) is 2. The molecule has 0 saturated carbocycles. The molecule has 0 radical (unpaired) electrons. The standard InChI is InChI=1S/C10H13N3O2/c1-4-7-5(2)12-10(15)13-9(7)11-6(3)8(4)14/h5,14H,1-3H3,(H2,11,12,13,15)/t5-/m1/s1. The van der Waals surface area contributed by atoms with E-state index in [1.807, 2.05) is 13.8 Å². The number of urea groups is 1. The Balaban J connectivity index is 2.65. The molecule has 1 aromatic heterocycles. The molecule has 1 aromatic rings. The van der Waals surface area contributed by atoms with Crippen LogP contribution in [0.2, 0.25) is 0 Å². The minimum Gasteiger partial charge on any atom is -0.506 e. The van der Waals surface area contributed by atoms with Crippen LogP contribution in [0.25, 0.3) is 0 Å². The van der Waals surface area contributed by atoms with Gasteiger partial charge in [-0.2, -0.15) is 0 Å². The molecule has 2 heterocycles. The molecule has 80 valence electrons. The fraction of sp³-hybridized carbons (Fsp3) is 0.400. The maximum atomic E-state index is 11.2. The molecule has 1 aliphatic heterocycles. The molecule has 0 fully saturated rings. The van der Waals surface area contributed by atoms with Crippen molar-refractivity contribution in [3.63, 3.8) is 0 Å². The molecule has 0 aliphatic carbocycles. The van der Waals surface area contributed by atoms with Crippen molar-refractivity contribution >= 4 is 11.8 Å². The quantitative estimate of drug-likeness (QED) is 0.605. The first-order valence-corrected chi connectivity index (χ1v) is 4.78. The smallest absolute Gasteiger partial charge is 0.320 e. The van der Waals surface area contributed by atoms with Gasteiger partial charge < -0.3 is 10.4 Å². The van der Waals surface area contributed by atoms with Gasteiger partial charge in [-0.3, -0.25) is 5.32 Å². The number of aromatic hydroxyl groups is 1. The van der Waals surface area contributed by atoms with Gasteiger partial charge >= 0.3 is 6.03 Å². The molecule has 2 amide bonds. The number of amides is 2. The van der Waals surface area contributed by atoms with Gasteiger partial charge in [-0.05, 0) is 20.8 Å². The lowest BCUT2D eigenvalue weighted by molar-refractivity contribution is 0.248. The van der Waals surface area contributed by atoms with Gasteiger partial charge in [0.25, 0.3) is 0 Å². The second kappa shape index (κ2) is 3.12. The molecular formula is C10H13N3O2. The minimum atomic E-state index is -0.257. The molecule has 2 rings (SSSR count). The Labute approximate surface area is 87.5 Å². The highest BCUT2D eigenvalue weighted by Gasteiger charge is 2.25. The van der Waals surface area contributed by atoms with Crippen molar-refractivity contribution in [2.24, 2.45) is 0 Å². The lowest BCUT2D eigenvalue weighted by Gasteiger charge is -2.26. The van der Waals surface area contributed by atoms with Gasteiger partial charge in [0.15, 0.2) is 0 Å². The Morgan fingerprint density at radius 3 is 2.73 bits per heavy atom. The number of anilines is 1. The molecule has 3 N–H and O–H groups in total. The molecule has 5 nitrogen and oxygen atoms in total. The number of hydrogen-bond acceptors (Lipinski definition) is 3. The van der Waals surface area contributed by atoms with Gasteiger partial charge in [0.2, 0.25) is 0 Å². The lowest BCUT2D eigenvalue weighted by atomic mass is 10.0. The summed E-state index contributed by atoms with van der Waals surface area (Å²) in [5, 5.41) is 15.1. The van der Waals surface area contributed by atoms with Crippen molar-refractivity contribution in [1.29, 1.82) is 0 Å². The van der Waals surface area contributed by atoms with E-state index >= 15 is 0 Å². The van der Waals surface area contributed by atoms with Crippen LogP contribution in [0.4, 0.5) is 10.6 Å². The van der Waals surface area contributed by atoms with Gasteiger partial charge in [0.05, 0.1) is 11.7 Å². The average molecular weight is 207 g/mol. The molecule has 0 saturated heterocycles. The maximum Gasteiger partial charge on any atom is 0.320 e. The predicted octanol–water partition coefficient (Wildman–Crippen LogP) is 1.60. The van der Waals surface area contributed by atoms with Gasteiger partial charge in [0, 0.05) is 11.1 Å². The third-order valence-electron chi connectivity index (χ3n) is 2.65. The molecular weight excluding hydrogens is 194 g/mol. The number of pyridine rings is 1. The zero-order valence-corrected chi connectivity index (χ0v) is 8.88. The van der Waals surface area contributed by atoms with E-state index in [2.05, 4.69) is 15.6 Å². The van der Waals surface area contributed by atoms with Crippen LogP contribution in [0.5, 0.6) is 5.75 Å². The van der Waals surface area contributed by atoms with E-state index in [0.29, 0.717) is 11.5 Å². The molecule has 0 spiro atoms. The Morgan fingerprint density at radius 2 is 2.07 bits per heavy atom. The summed E-state index contributed by atoms with van der Waals surface area (Å²) in [6, 6.07) is -0.389. The number of aryl methyl sites for hydroxylation is 1. The summed E-state index contributed by atoms with van der Waals surface area (Å²) in [5.74, 6) is 0.734. The highest BCUT2D eigenvalue weighted by atomic mass is 16.3. The highest BCUT2D eigenvalue weighted by molar-refractivity contribution is 5.92. The van der Waals surface area contributed by atoms with Crippen molar-refractivity contribution in [2.45, 2.75) is 26.8 Å². The van der Waals surface area contributed by atoms with Crippen LogP contribution in [0.1, 0.15) is 29.8 Å². The van der Waals surface area contributed by atoms with Crippen molar-refractivity contribution < 1.29 is 9.90 Å². The fourth-order valence-electron chi connectivity index (χ4n) is 1.89. The minimum absolute atomic E-state index is 0.132. The largest absolute Gasteiger partial charge is 0.506 e. The fourth-order valence-corrected chi connectivity index (χ4v) is 1.89. The van der Waals surface area contributed by atoms with Crippen LogP contribution >= 0.6 is 0 Å². The SMILES string of the molecule is Cc1nc2c(c(C)c1O)[C@@H](C)NC(=O)N2. The molecule has 0 aromatic carbocycles. The molecule has 5 heteroatoms. The van der Waals surface area contributed by atoms with E-state index < -0.39 is 0 Å². The predicted molar refractivity (Wildman–Crippen MR) is 55.9 cm³/mol. The number of aromatic nitrogens is 1. The first-order valence-electron chi connectivity index (χ1n) is 4.78. The van der Waals surface area contributed by atoms with E-state index in [-0.39, 0.29) is 17.8 Å². The summed E-state index contributed by atoms with van der Waals surface area (Å²) in [7, 11) is 0. The maximum absolute atomic E-state index is 11.2. The summed E-state index contributed by atoms with van der Waals surface area (Å²) in [4.78, 5) is 15.4. The van der Waals surface area contributed by atoms with Crippen LogP contribution < -0.4 is 10.6 Å². The number of carbonyl (C=O) groups is 1. The topological polar surface area (TPSA) is 74.2 Å². The number of rotatable bonds is 0. The van der Waals surface area contributed by atoms with E-state index in [4.69, 9.17) is 0 Å². The van der Waals surface area contributed by atoms with E-state index in [0.717, 1.165) is 11.1 Å². The Kier molecular flexibility index (Phi) is 2.03. The number of nitrogens with zero attached hydrogens (tertiary/aromatic N) is 1. The van der Waals surface area contributed by atoms with Gasteiger partial charge in [-0.25, -0.2) is 9.78 Å². The summed E-state index contributed by atoms with van der Waals surface area (Å²) < 4.78 is 0. The molecule has 1 aliphatic rings. The molecule has 15 heavy (non-hydrogen) atoms. The van der Waals surface area contributed by atoms with Crippen LogP contribution in [0.15, 0.2) is 0 Å². The highest BCUT2D eigenvalue weighted by Crippen LogP contribution is 2.34. The first kappa shape index (κ1) is 9.76. The van der Waals surface area contributed by atoms with Crippen molar-refractivity contribution in [3.05, 3.63) is 16.8 Å². The Morgan fingerprint density at radius 1 is 1.40 bits per heavy atom. The van der Waals surface area contributed by atoms with Crippen molar-refractivity contribution in [3.8, 4) is 5.75 Å². The molecule has 1 atom stereocenters. The zero-order chi connectivity index (χ0) is 11.2. The summed E-state index contributed by atoms with van der Waals surface area (Å²) in [6.07, 6.45) is 0.